The first-order valence-corrected chi connectivity index (χ1v) is 6.01. The Hall–Kier alpha value is -1.70. The van der Waals surface area contributed by atoms with Crippen LogP contribution in [0.15, 0.2) is 48.8 Å². The monoisotopic (exact) mass is 230 g/mol. The van der Waals surface area contributed by atoms with Crippen LogP contribution >= 0.6 is 0 Å². The van der Waals surface area contributed by atoms with Gasteiger partial charge in [-0.15, -0.1) is 0 Å². The van der Waals surface area contributed by atoms with E-state index in [0.717, 1.165) is 13.1 Å². The Morgan fingerprint density at radius 3 is 2.29 bits per heavy atom. The first-order valence-electron chi connectivity index (χ1n) is 6.01. The van der Waals surface area contributed by atoms with E-state index in [0.29, 0.717) is 0 Å². The Morgan fingerprint density at radius 1 is 1.06 bits per heavy atom. The number of hydrogen-bond donors (Lipinski definition) is 1. The van der Waals surface area contributed by atoms with E-state index in [-0.39, 0.29) is 0 Å². The van der Waals surface area contributed by atoms with Crippen LogP contribution in [0, 0.1) is 0 Å². The fourth-order valence-corrected chi connectivity index (χ4v) is 1.65. The van der Waals surface area contributed by atoms with Crippen molar-refractivity contribution in [2.75, 3.05) is 7.05 Å². The second-order valence-corrected chi connectivity index (χ2v) is 4.09. The fourth-order valence-electron chi connectivity index (χ4n) is 1.65. The Bertz CT molecular complexity index is 363. The molecule has 0 aliphatic heterocycles. The molecule has 2 nitrogen and oxygen atoms in total. The third-order valence-electron chi connectivity index (χ3n) is 2.45. The largest absolute Gasteiger partial charge is 0.387 e. The normalized spacial score (nSPS) is 11.2. The first kappa shape index (κ1) is 13.4. The van der Waals surface area contributed by atoms with Crippen LogP contribution in [-0.4, -0.2) is 11.9 Å². The zero-order chi connectivity index (χ0) is 12.5. The topological polar surface area (TPSA) is 15.3 Å². The van der Waals surface area contributed by atoms with Gasteiger partial charge in [0.2, 0.25) is 0 Å². The van der Waals surface area contributed by atoms with Gasteiger partial charge in [0.25, 0.3) is 0 Å². The summed E-state index contributed by atoms with van der Waals surface area (Å²) in [6.07, 6.45) is 8.10. The van der Waals surface area contributed by atoms with Gasteiger partial charge in [-0.25, -0.2) is 0 Å². The van der Waals surface area contributed by atoms with E-state index in [4.69, 9.17) is 0 Å². The highest BCUT2D eigenvalue weighted by molar-refractivity contribution is 5.22. The summed E-state index contributed by atoms with van der Waals surface area (Å²) in [7, 11) is 2.08. The molecule has 0 amide bonds. The van der Waals surface area contributed by atoms with E-state index < -0.39 is 0 Å². The smallest absolute Gasteiger partial charge is 0.0420 e. The van der Waals surface area contributed by atoms with Gasteiger partial charge < -0.3 is 10.2 Å². The van der Waals surface area contributed by atoms with E-state index in [2.05, 4.69) is 53.8 Å². The van der Waals surface area contributed by atoms with Gasteiger partial charge in [0.15, 0.2) is 0 Å². The summed E-state index contributed by atoms with van der Waals surface area (Å²) < 4.78 is 0. The van der Waals surface area contributed by atoms with Crippen LogP contribution in [-0.2, 0) is 13.1 Å². The second-order valence-electron chi connectivity index (χ2n) is 4.09. The van der Waals surface area contributed by atoms with Crippen molar-refractivity contribution >= 4 is 0 Å². The lowest BCUT2D eigenvalue weighted by Crippen LogP contribution is -2.10. The number of hydrogen-bond acceptors (Lipinski definition) is 2. The highest BCUT2D eigenvalue weighted by Crippen LogP contribution is 2.07. The maximum absolute atomic E-state index is 3.23. The minimum atomic E-state index is 0.884. The van der Waals surface area contributed by atoms with E-state index in [1.807, 2.05) is 26.1 Å². The third kappa shape index (κ3) is 5.25. The number of benzene rings is 1. The van der Waals surface area contributed by atoms with Crippen LogP contribution in [0.2, 0.25) is 0 Å². The molecule has 1 N–H and O–H groups in total. The van der Waals surface area contributed by atoms with Crippen LogP contribution < -0.4 is 5.32 Å². The maximum atomic E-state index is 3.23. The van der Waals surface area contributed by atoms with Crippen LogP contribution in [0.5, 0.6) is 0 Å². The molecule has 0 aliphatic rings. The van der Waals surface area contributed by atoms with Crippen molar-refractivity contribution in [2.45, 2.75) is 26.9 Å². The summed E-state index contributed by atoms with van der Waals surface area (Å²) in [6.45, 7) is 5.88. The molecule has 0 heterocycles. The summed E-state index contributed by atoms with van der Waals surface area (Å²) in [5.74, 6) is 0. The van der Waals surface area contributed by atoms with Gasteiger partial charge in [0, 0.05) is 20.1 Å². The molecule has 0 unspecified atom stereocenters. The maximum Gasteiger partial charge on any atom is 0.0420 e. The predicted molar refractivity (Wildman–Crippen MR) is 74.4 cm³/mol. The number of allylic oxidation sites excluding steroid dienone is 2. The van der Waals surface area contributed by atoms with Gasteiger partial charge in [0.1, 0.15) is 0 Å². The van der Waals surface area contributed by atoms with Crippen LogP contribution in [0.25, 0.3) is 0 Å². The van der Waals surface area contributed by atoms with Gasteiger partial charge in [-0.1, -0.05) is 36.4 Å². The zero-order valence-electron chi connectivity index (χ0n) is 11.0. The molecule has 0 spiro atoms. The Morgan fingerprint density at radius 2 is 1.71 bits per heavy atom. The van der Waals surface area contributed by atoms with Gasteiger partial charge >= 0.3 is 0 Å². The summed E-state index contributed by atoms with van der Waals surface area (Å²) in [6, 6.07) is 8.73. The molecule has 1 rings (SSSR count). The molecule has 0 saturated carbocycles. The first-order chi connectivity index (χ1) is 8.26. The van der Waals surface area contributed by atoms with Gasteiger partial charge in [-0.2, -0.15) is 0 Å². The van der Waals surface area contributed by atoms with Crippen molar-refractivity contribution < 1.29 is 0 Å². The molecule has 1 aromatic carbocycles. The van der Waals surface area contributed by atoms with Crippen molar-refractivity contribution in [3.8, 4) is 0 Å². The molecule has 17 heavy (non-hydrogen) atoms. The molecule has 1 aromatic rings. The summed E-state index contributed by atoms with van der Waals surface area (Å²) in [5, 5.41) is 3.23. The van der Waals surface area contributed by atoms with E-state index in [9.17, 15) is 0 Å². The quantitative estimate of drug-likeness (QED) is 0.807. The van der Waals surface area contributed by atoms with Crippen molar-refractivity contribution in [3.05, 3.63) is 59.9 Å². The SMILES string of the molecule is C/C=C\NCc1ccc(CN(C)/C=C\C)cc1. The predicted octanol–water partition coefficient (Wildman–Crippen LogP) is 3.28. The Labute approximate surface area is 105 Å². The summed E-state index contributed by atoms with van der Waals surface area (Å²) in [5.41, 5.74) is 2.64. The molecule has 0 bridgehead atoms. The molecule has 0 radical (unpaired) electrons. The average Bonchev–Trinajstić information content (AvgIpc) is 2.32. The molecule has 92 valence electrons. The lowest BCUT2D eigenvalue weighted by Gasteiger charge is -2.14. The Kier molecular flexibility index (Phi) is 5.94. The van der Waals surface area contributed by atoms with Crippen molar-refractivity contribution in [1.82, 2.24) is 10.2 Å². The lowest BCUT2D eigenvalue weighted by atomic mass is 10.1. The minimum absolute atomic E-state index is 0.884. The van der Waals surface area contributed by atoms with E-state index >= 15 is 0 Å². The summed E-state index contributed by atoms with van der Waals surface area (Å²) >= 11 is 0. The zero-order valence-corrected chi connectivity index (χ0v) is 11.0. The Balaban J connectivity index is 2.49. The van der Waals surface area contributed by atoms with Gasteiger partial charge in [0.05, 0.1) is 0 Å². The molecule has 2 heteroatoms. The van der Waals surface area contributed by atoms with Gasteiger partial charge in [-0.3, -0.25) is 0 Å². The second kappa shape index (κ2) is 7.55. The average molecular weight is 230 g/mol. The van der Waals surface area contributed by atoms with Crippen LogP contribution in [0.1, 0.15) is 25.0 Å². The molecular weight excluding hydrogens is 208 g/mol. The van der Waals surface area contributed by atoms with E-state index in [1.54, 1.807) is 0 Å². The molecule has 0 aromatic heterocycles. The number of rotatable bonds is 6. The number of nitrogens with one attached hydrogen (secondary N) is 1. The molecule has 0 atom stereocenters. The van der Waals surface area contributed by atoms with E-state index in [1.165, 1.54) is 11.1 Å². The standard InChI is InChI=1S/C15H22N2/c1-4-10-16-12-14-6-8-15(9-7-14)13-17(3)11-5-2/h4-11,16H,12-13H2,1-3H3/b10-4-,11-5-. The molecular formula is C15H22N2. The highest BCUT2D eigenvalue weighted by Gasteiger charge is 1.96. The van der Waals surface area contributed by atoms with Crippen molar-refractivity contribution in [1.29, 1.82) is 0 Å². The fraction of sp³-hybridized carbons (Fsp3) is 0.333. The van der Waals surface area contributed by atoms with Crippen molar-refractivity contribution in [2.24, 2.45) is 0 Å². The van der Waals surface area contributed by atoms with Gasteiger partial charge in [-0.05, 0) is 37.4 Å². The van der Waals surface area contributed by atoms with Crippen LogP contribution in [0.3, 0.4) is 0 Å². The highest BCUT2D eigenvalue weighted by atomic mass is 15.1. The van der Waals surface area contributed by atoms with Crippen LogP contribution in [0.4, 0.5) is 0 Å². The molecule has 0 saturated heterocycles. The molecule has 0 aliphatic carbocycles. The lowest BCUT2D eigenvalue weighted by molar-refractivity contribution is 0.450. The third-order valence-corrected chi connectivity index (χ3v) is 2.45. The minimum Gasteiger partial charge on any atom is -0.387 e. The summed E-state index contributed by atoms with van der Waals surface area (Å²) in [4.78, 5) is 2.17. The van der Waals surface area contributed by atoms with Crippen molar-refractivity contribution in [3.63, 3.8) is 0 Å². The number of nitrogens with zero attached hydrogens (tertiary/aromatic N) is 1. The molecule has 0 fully saturated rings.